The van der Waals surface area contributed by atoms with E-state index in [0.29, 0.717) is 5.69 Å². The number of anilines is 1. The SMILES string of the molecule is CC(C)(C)N(C(=O)O)C1=N[C@@]2(CO1)c1cc(N)ccc1OC(C)(C)C21CC1. The average molecular weight is 373 g/mol. The zero-order chi connectivity index (χ0) is 19.8. The van der Waals surface area contributed by atoms with Crippen molar-refractivity contribution in [2.75, 3.05) is 12.3 Å². The number of carboxylic acid groups (broad SMARTS) is 1. The summed E-state index contributed by atoms with van der Waals surface area (Å²) in [6.45, 7) is 9.91. The first kappa shape index (κ1) is 17.9. The highest BCUT2D eigenvalue weighted by molar-refractivity contribution is 5.92. The van der Waals surface area contributed by atoms with Crippen LogP contribution in [0.2, 0.25) is 0 Å². The standard InChI is InChI=1S/C20H27N3O4/c1-17(2,3)23(16(24)25)15-22-20(11-26-15)13-10-12(21)6-7-14(13)27-18(4,5)19(20)8-9-19/h6-7,10H,8-9,11,21H2,1-5H3,(H,24,25)/t20-/m0/s1. The molecule has 1 aromatic carbocycles. The molecule has 0 saturated heterocycles. The van der Waals surface area contributed by atoms with E-state index >= 15 is 0 Å². The molecule has 4 rings (SSSR count). The van der Waals surface area contributed by atoms with Crippen LogP contribution in [0.1, 0.15) is 53.0 Å². The fourth-order valence-electron chi connectivity index (χ4n) is 4.78. The first-order valence-corrected chi connectivity index (χ1v) is 9.28. The second-order valence-electron chi connectivity index (χ2n) is 9.28. The Morgan fingerprint density at radius 1 is 1.30 bits per heavy atom. The molecule has 0 aromatic heterocycles. The van der Waals surface area contributed by atoms with Gasteiger partial charge in [0, 0.05) is 22.2 Å². The van der Waals surface area contributed by atoms with Crippen LogP contribution in [0.25, 0.3) is 0 Å². The minimum atomic E-state index is -1.08. The van der Waals surface area contributed by atoms with Crippen molar-refractivity contribution >= 4 is 17.8 Å². The first-order valence-electron chi connectivity index (χ1n) is 9.28. The molecule has 146 valence electrons. The number of amides is 1. The van der Waals surface area contributed by atoms with Gasteiger partial charge in [0.2, 0.25) is 0 Å². The van der Waals surface area contributed by atoms with E-state index in [1.807, 2.05) is 39.0 Å². The molecular formula is C20H27N3O4. The van der Waals surface area contributed by atoms with Gasteiger partial charge in [-0.2, -0.15) is 0 Å². The van der Waals surface area contributed by atoms with Crippen LogP contribution in [-0.2, 0) is 10.3 Å². The molecule has 1 aliphatic carbocycles. The molecule has 3 N–H and O–H groups in total. The van der Waals surface area contributed by atoms with Crippen molar-refractivity contribution in [2.24, 2.45) is 10.4 Å². The lowest BCUT2D eigenvalue weighted by Gasteiger charge is -2.49. The number of aliphatic imine (C=N–C) groups is 1. The highest BCUT2D eigenvalue weighted by atomic mass is 16.5. The Labute approximate surface area is 159 Å². The zero-order valence-electron chi connectivity index (χ0n) is 16.5. The number of nitrogen functional groups attached to an aromatic ring is 1. The number of hydrogen-bond donors (Lipinski definition) is 2. The Bertz CT molecular complexity index is 851. The van der Waals surface area contributed by atoms with Crippen molar-refractivity contribution in [1.29, 1.82) is 0 Å². The van der Waals surface area contributed by atoms with Crippen molar-refractivity contribution in [3.63, 3.8) is 0 Å². The maximum absolute atomic E-state index is 11.9. The van der Waals surface area contributed by atoms with Gasteiger partial charge in [-0.3, -0.25) is 0 Å². The molecule has 2 spiro atoms. The summed E-state index contributed by atoms with van der Waals surface area (Å²) < 4.78 is 12.3. The van der Waals surface area contributed by atoms with E-state index in [9.17, 15) is 9.90 Å². The van der Waals surface area contributed by atoms with Gasteiger partial charge in [-0.1, -0.05) is 0 Å². The molecule has 1 saturated carbocycles. The van der Waals surface area contributed by atoms with Crippen LogP contribution in [0.15, 0.2) is 23.2 Å². The number of ether oxygens (including phenoxy) is 2. The summed E-state index contributed by atoms with van der Waals surface area (Å²) in [5.74, 6) is 0.734. The molecule has 7 heteroatoms. The molecule has 2 heterocycles. The van der Waals surface area contributed by atoms with Crippen LogP contribution in [0, 0.1) is 5.41 Å². The average Bonchev–Trinajstić information content (AvgIpc) is 3.24. The zero-order valence-corrected chi connectivity index (χ0v) is 16.5. The molecule has 1 fully saturated rings. The number of nitrogens with two attached hydrogens (primary N) is 1. The number of benzene rings is 1. The van der Waals surface area contributed by atoms with Crippen molar-refractivity contribution in [3.05, 3.63) is 23.8 Å². The highest BCUT2D eigenvalue weighted by Gasteiger charge is 2.73. The topological polar surface area (TPSA) is 97.4 Å². The summed E-state index contributed by atoms with van der Waals surface area (Å²) in [5, 5.41) is 9.76. The van der Waals surface area contributed by atoms with E-state index in [2.05, 4.69) is 13.8 Å². The highest BCUT2D eigenvalue weighted by Crippen LogP contribution is 2.71. The predicted octanol–water partition coefficient (Wildman–Crippen LogP) is 3.58. The number of amidine groups is 1. The number of rotatable bonds is 0. The lowest BCUT2D eigenvalue weighted by atomic mass is 9.66. The van der Waals surface area contributed by atoms with Crippen LogP contribution in [-0.4, -0.2) is 39.9 Å². The summed E-state index contributed by atoms with van der Waals surface area (Å²) in [6.07, 6.45) is 0.802. The monoisotopic (exact) mass is 373 g/mol. The molecule has 0 unspecified atom stereocenters. The third kappa shape index (κ3) is 2.26. The van der Waals surface area contributed by atoms with Crippen molar-refractivity contribution in [2.45, 2.75) is 64.1 Å². The van der Waals surface area contributed by atoms with Gasteiger partial charge < -0.3 is 20.3 Å². The minimum absolute atomic E-state index is 0.146. The normalized spacial score (nSPS) is 26.8. The Morgan fingerprint density at radius 3 is 2.52 bits per heavy atom. The number of hydrogen-bond acceptors (Lipinski definition) is 5. The van der Waals surface area contributed by atoms with Crippen molar-refractivity contribution in [1.82, 2.24) is 4.90 Å². The van der Waals surface area contributed by atoms with E-state index in [1.165, 1.54) is 4.90 Å². The van der Waals surface area contributed by atoms with Gasteiger partial charge in [0.05, 0.1) is 0 Å². The van der Waals surface area contributed by atoms with Gasteiger partial charge in [-0.15, -0.1) is 0 Å². The Morgan fingerprint density at radius 2 is 1.96 bits per heavy atom. The molecule has 3 aliphatic rings. The van der Waals surface area contributed by atoms with Crippen molar-refractivity contribution in [3.8, 4) is 5.75 Å². The lowest BCUT2D eigenvalue weighted by molar-refractivity contribution is -0.0480. The van der Waals surface area contributed by atoms with Gasteiger partial charge in [0.25, 0.3) is 6.02 Å². The fraction of sp³-hybridized carbons (Fsp3) is 0.600. The van der Waals surface area contributed by atoms with E-state index < -0.39 is 22.8 Å². The molecule has 7 nitrogen and oxygen atoms in total. The maximum Gasteiger partial charge on any atom is 0.415 e. The van der Waals surface area contributed by atoms with Gasteiger partial charge in [-0.05, 0) is 65.7 Å². The summed E-state index contributed by atoms with van der Waals surface area (Å²) in [4.78, 5) is 18.1. The van der Waals surface area contributed by atoms with Crippen LogP contribution < -0.4 is 10.5 Å². The summed E-state index contributed by atoms with van der Waals surface area (Å²) in [5.41, 5.74) is 5.51. The molecule has 1 atom stereocenters. The molecule has 1 aromatic rings. The van der Waals surface area contributed by atoms with Crippen molar-refractivity contribution < 1.29 is 19.4 Å². The largest absolute Gasteiger partial charge is 0.487 e. The van der Waals surface area contributed by atoms with Gasteiger partial charge in [0.15, 0.2) is 0 Å². The van der Waals surface area contributed by atoms with Gasteiger partial charge in [0.1, 0.15) is 23.5 Å². The van der Waals surface area contributed by atoms with E-state index in [4.69, 9.17) is 20.2 Å². The predicted molar refractivity (Wildman–Crippen MR) is 102 cm³/mol. The second kappa shape index (κ2) is 5.09. The van der Waals surface area contributed by atoms with Crippen LogP contribution >= 0.6 is 0 Å². The Hall–Kier alpha value is -2.44. The summed E-state index contributed by atoms with van der Waals surface area (Å²) >= 11 is 0. The van der Waals surface area contributed by atoms with E-state index in [0.717, 1.165) is 24.2 Å². The minimum Gasteiger partial charge on any atom is -0.487 e. The lowest BCUT2D eigenvalue weighted by Crippen LogP contribution is -2.55. The van der Waals surface area contributed by atoms with Crippen LogP contribution in [0.5, 0.6) is 5.75 Å². The van der Waals surface area contributed by atoms with E-state index in [-0.39, 0.29) is 18.0 Å². The summed E-state index contributed by atoms with van der Waals surface area (Å²) in [7, 11) is 0. The Balaban J connectivity index is 1.93. The van der Waals surface area contributed by atoms with E-state index in [1.54, 1.807) is 0 Å². The van der Waals surface area contributed by atoms with Gasteiger partial charge in [-0.25, -0.2) is 14.7 Å². The Kier molecular flexibility index (Phi) is 3.38. The second-order valence-corrected chi connectivity index (χ2v) is 9.28. The number of nitrogens with zero attached hydrogens (tertiary/aromatic N) is 2. The molecule has 27 heavy (non-hydrogen) atoms. The van der Waals surface area contributed by atoms with Crippen LogP contribution in [0.4, 0.5) is 10.5 Å². The molecule has 0 radical (unpaired) electrons. The maximum atomic E-state index is 11.9. The molecule has 2 aliphatic heterocycles. The molecule has 0 bridgehead atoms. The third-order valence-electron chi connectivity index (χ3n) is 6.26. The number of carbonyl (C=O) groups is 1. The molecular weight excluding hydrogens is 346 g/mol. The first-order chi connectivity index (χ1) is 12.4. The quantitative estimate of drug-likeness (QED) is 0.678. The number of fused-ring (bicyclic) bond motifs is 3. The molecule has 1 amide bonds. The third-order valence-corrected chi connectivity index (χ3v) is 6.26. The smallest absolute Gasteiger partial charge is 0.415 e. The van der Waals surface area contributed by atoms with Gasteiger partial charge >= 0.3 is 6.09 Å². The van der Waals surface area contributed by atoms with Crippen LogP contribution in [0.3, 0.4) is 0 Å². The summed E-state index contributed by atoms with van der Waals surface area (Å²) in [6, 6.07) is 5.72. The fourth-order valence-corrected chi connectivity index (χ4v) is 4.78.